The summed E-state index contributed by atoms with van der Waals surface area (Å²) in [7, 11) is 0. The zero-order chi connectivity index (χ0) is 13.8. The number of hydrazine groups is 1. The Morgan fingerprint density at radius 2 is 2.20 bits per heavy atom. The van der Waals surface area contributed by atoms with Gasteiger partial charge in [-0.05, 0) is 12.8 Å². The quantitative estimate of drug-likeness (QED) is 0.492. The standard InChI is InChI=1S/C10H15N9O/c11-18-9-15-8(14-7-2-1-3-20-4-7)16-10(17-9)19-6-12-5-13-19/h5-7H,1-4,11H2,(H2,14,15,16,17,18). The number of rotatable bonds is 4. The topological polar surface area (TPSA) is 129 Å². The SMILES string of the molecule is NNc1nc(NC2CCCOC2)nc(-n2cncn2)n1. The van der Waals surface area contributed by atoms with E-state index in [4.69, 9.17) is 10.6 Å². The number of nitrogens with two attached hydrogens (primary N) is 1. The lowest BCUT2D eigenvalue weighted by atomic mass is 10.1. The lowest BCUT2D eigenvalue weighted by Crippen LogP contribution is -2.31. The first-order chi connectivity index (χ1) is 9.85. The average Bonchev–Trinajstić information content (AvgIpc) is 3.02. The summed E-state index contributed by atoms with van der Waals surface area (Å²) in [5.41, 5.74) is 2.41. The molecule has 10 heteroatoms. The van der Waals surface area contributed by atoms with Gasteiger partial charge in [-0.3, -0.25) is 5.43 Å². The first-order valence-electron chi connectivity index (χ1n) is 6.27. The number of ether oxygens (including phenoxy) is 1. The molecule has 4 N–H and O–H groups in total. The van der Waals surface area contributed by atoms with Gasteiger partial charge in [0.1, 0.15) is 12.7 Å². The van der Waals surface area contributed by atoms with Crippen LogP contribution in [0.3, 0.4) is 0 Å². The molecule has 2 aromatic rings. The highest BCUT2D eigenvalue weighted by molar-refractivity contribution is 5.37. The molecule has 2 aromatic heterocycles. The smallest absolute Gasteiger partial charge is 0.258 e. The van der Waals surface area contributed by atoms with Crippen molar-refractivity contribution in [1.82, 2.24) is 29.7 Å². The molecule has 3 heterocycles. The molecular formula is C10H15N9O. The Balaban J connectivity index is 1.84. The summed E-state index contributed by atoms with van der Waals surface area (Å²) in [5, 5.41) is 7.20. The minimum Gasteiger partial charge on any atom is -0.379 e. The molecule has 3 rings (SSSR count). The lowest BCUT2D eigenvalue weighted by molar-refractivity contribution is 0.0874. The van der Waals surface area contributed by atoms with Crippen LogP contribution in [0.2, 0.25) is 0 Å². The molecule has 0 spiro atoms. The number of anilines is 2. The zero-order valence-electron chi connectivity index (χ0n) is 10.7. The predicted octanol–water partition coefficient (Wildman–Crippen LogP) is -0.671. The molecule has 1 saturated heterocycles. The van der Waals surface area contributed by atoms with E-state index in [1.807, 2.05) is 0 Å². The first-order valence-corrected chi connectivity index (χ1v) is 6.27. The van der Waals surface area contributed by atoms with Crippen molar-refractivity contribution >= 4 is 11.9 Å². The summed E-state index contributed by atoms with van der Waals surface area (Å²) in [6, 6.07) is 0.181. The predicted molar refractivity (Wildman–Crippen MR) is 70.0 cm³/mol. The summed E-state index contributed by atoms with van der Waals surface area (Å²) >= 11 is 0. The highest BCUT2D eigenvalue weighted by Gasteiger charge is 2.16. The number of hydrogen-bond acceptors (Lipinski definition) is 9. The minimum atomic E-state index is 0.181. The summed E-state index contributed by atoms with van der Waals surface area (Å²) in [4.78, 5) is 16.4. The van der Waals surface area contributed by atoms with Crippen molar-refractivity contribution in [3.8, 4) is 5.95 Å². The van der Waals surface area contributed by atoms with Gasteiger partial charge in [-0.25, -0.2) is 10.8 Å². The minimum absolute atomic E-state index is 0.181. The van der Waals surface area contributed by atoms with Crippen molar-refractivity contribution in [2.75, 3.05) is 24.0 Å². The van der Waals surface area contributed by atoms with Gasteiger partial charge < -0.3 is 10.1 Å². The van der Waals surface area contributed by atoms with E-state index in [1.54, 1.807) is 0 Å². The van der Waals surface area contributed by atoms with E-state index < -0.39 is 0 Å². The molecule has 0 amide bonds. The Kier molecular flexibility index (Phi) is 3.65. The third-order valence-electron chi connectivity index (χ3n) is 2.87. The van der Waals surface area contributed by atoms with Gasteiger partial charge >= 0.3 is 0 Å². The lowest BCUT2D eigenvalue weighted by Gasteiger charge is -2.23. The molecule has 1 aliphatic rings. The van der Waals surface area contributed by atoms with Gasteiger partial charge in [-0.2, -0.15) is 24.7 Å². The second-order valence-corrected chi connectivity index (χ2v) is 4.33. The van der Waals surface area contributed by atoms with Crippen molar-refractivity contribution in [2.45, 2.75) is 18.9 Å². The summed E-state index contributed by atoms with van der Waals surface area (Å²) < 4.78 is 6.85. The molecule has 1 aliphatic heterocycles. The fourth-order valence-electron chi connectivity index (χ4n) is 1.94. The Bertz CT molecular complexity index is 552. The first kappa shape index (κ1) is 12.7. The molecular weight excluding hydrogens is 262 g/mol. The monoisotopic (exact) mass is 277 g/mol. The molecule has 1 atom stereocenters. The maximum Gasteiger partial charge on any atom is 0.258 e. The van der Waals surface area contributed by atoms with Crippen LogP contribution in [0.25, 0.3) is 5.95 Å². The van der Waals surface area contributed by atoms with Gasteiger partial charge in [0.05, 0.1) is 12.6 Å². The van der Waals surface area contributed by atoms with E-state index in [0.29, 0.717) is 18.5 Å². The highest BCUT2D eigenvalue weighted by atomic mass is 16.5. The van der Waals surface area contributed by atoms with Crippen LogP contribution in [0.4, 0.5) is 11.9 Å². The van der Waals surface area contributed by atoms with Gasteiger partial charge in [0.25, 0.3) is 5.95 Å². The molecule has 10 nitrogen and oxygen atoms in total. The molecule has 0 aromatic carbocycles. The number of nitrogens with zero attached hydrogens (tertiary/aromatic N) is 6. The Morgan fingerprint density at radius 3 is 2.90 bits per heavy atom. The van der Waals surface area contributed by atoms with Crippen LogP contribution in [0.1, 0.15) is 12.8 Å². The van der Waals surface area contributed by atoms with E-state index in [0.717, 1.165) is 19.4 Å². The van der Waals surface area contributed by atoms with E-state index in [9.17, 15) is 0 Å². The van der Waals surface area contributed by atoms with Crippen molar-refractivity contribution in [1.29, 1.82) is 0 Å². The maximum absolute atomic E-state index is 5.41. The maximum atomic E-state index is 5.41. The number of nitrogen functional groups attached to an aromatic ring is 1. The fraction of sp³-hybridized carbons (Fsp3) is 0.500. The molecule has 0 radical (unpaired) electrons. The van der Waals surface area contributed by atoms with Crippen LogP contribution in [0.5, 0.6) is 0 Å². The fourth-order valence-corrected chi connectivity index (χ4v) is 1.94. The van der Waals surface area contributed by atoms with Crippen molar-refractivity contribution in [3.63, 3.8) is 0 Å². The van der Waals surface area contributed by atoms with E-state index in [2.05, 4.69) is 35.8 Å². The molecule has 0 bridgehead atoms. The molecule has 20 heavy (non-hydrogen) atoms. The molecule has 0 saturated carbocycles. The Morgan fingerprint density at radius 1 is 1.30 bits per heavy atom. The van der Waals surface area contributed by atoms with Crippen molar-refractivity contribution in [3.05, 3.63) is 12.7 Å². The molecule has 1 fully saturated rings. The van der Waals surface area contributed by atoms with E-state index in [1.165, 1.54) is 17.3 Å². The molecule has 106 valence electrons. The summed E-state index contributed by atoms with van der Waals surface area (Å²) in [5.74, 6) is 6.39. The van der Waals surface area contributed by atoms with Gasteiger partial charge in [0.2, 0.25) is 11.9 Å². The van der Waals surface area contributed by atoms with E-state index in [-0.39, 0.29) is 12.0 Å². The van der Waals surface area contributed by atoms with Gasteiger partial charge in [-0.1, -0.05) is 0 Å². The molecule has 0 aliphatic carbocycles. The third kappa shape index (κ3) is 2.81. The highest BCUT2D eigenvalue weighted by Crippen LogP contribution is 2.13. The second kappa shape index (κ2) is 5.75. The Hall–Kier alpha value is -2.33. The van der Waals surface area contributed by atoms with Gasteiger partial charge in [0, 0.05) is 6.61 Å². The zero-order valence-corrected chi connectivity index (χ0v) is 10.7. The Labute approximate surface area is 114 Å². The van der Waals surface area contributed by atoms with Crippen LogP contribution in [0.15, 0.2) is 12.7 Å². The average molecular weight is 277 g/mol. The van der Waals surface area contributed by atoms with Crippen LogP contribution >= 0.6 is 0 Å². The normalized spacial score (nSPS) is 18.8. The van der Waals surface area contributed by atoms with Crippen LogP contribution in [-0.4, -0.2) is 49.0 Å². The number of hydrogen-bond donors (Lipinski definition) is 3. The van der Waals surface area contributed by atoms with E-state index >= 15 is 0 Å². The summed E-state index contributed by atoms with van der Waals surface area (Å²) in [6.45, 7) is 1.44. The second-order valence-electron chi connectivity index (χ2n) is 4.33. The van der Waals surface area contributed by atoms with Gasteiger partial charge in [0.15, 0.2) is 0 Å². The largest absolute Gasteiger partial charge is 0.379 e. The van der Waals surface area contributed by atoms with Gasteiger partial charge in [-0.15, -0.1) is 0 Å². The van der Waals surface area contributed by atoms with Crippen LogP contribution < -0.4 is 16.6 Å². The molecule has 1 unspecified atom stereocenters. The van der Waals surface area contributed by atoms with Crippen LogP contribution in [0, 0.1) is 0 Å². The number of nitrogens with one attached hydrogen (secondary N) is 2. The third-order valence-corrected chi connectivity index (χ3v) is 2.87. The number of aromatic nitrogens is 6. The van der Waals surface area contributed by atoms with Crippen molar-refractivity contribution in [2.24, 2.45) is 5.84 Å². The van der Waals surface area contributed by atoms with Crippen molar-refractivity contribution < 1.29 is 4.74 Å². The van der Waals surface area contributed by atoms with Crippen LogP contribution in [-0.2, 0) is 4.74 Å². The summed E-state index contributed by atoms with van der Waals surface area (Å²) in [6.07, 6.45) is 4.93.